The summed E-state index contributed by atoms with van der Waals surface area (Å²) in [7, 11) is 0. The molecule has 1 N–H and O–H groups in total. The molecule has 0 aliphatic rings. The van der Waals surface area contributed by atoms with E-state index in [2.05, 4.69) is 44.1 Å². The minimum absolute atomic E-state index is 0.453. The Hall–Kier alpha value is -0.890. The summed E-state index contributed by atoms with van der Waals surface area (Å²) in [5, 5.41) is 3.60. The zero-order valence-electron chi connectivity index (χ0n) is 11.0. The van der Waals surface area contributed by atoms with E-state index in [0.29, 0.717) is 12.0 Å². The highest BCUT2D eigenvalue weighted by Crippen LogP contribution is 2.28. The van der Waals surface area contributed by atoms with Gasteiger partial charge in [-0.15, -0.1) is 0 Å². The molecule has 16 heavy (non-hydrogen) atoms. The lowest BCUT2D eigenvalue weighted by molar-refractivity contribution is 0.345. The van der Waals surface area contributed by atoms with Crippen molar-refractivity contribution in [2.24, 2.45) is 5.92 Å². The number of aryl methyl sites for hydroxylation is 1. The van der Waals surface area contributed by atoms with Crippen molar-refractivity contribution in [2.75, 3.05) is 6.54 Å². The first-order chi connectivity index (χ1) is 7.74. The quantitative estimate of drug-likeness (QED) is 0.794. The number of hydrogen-bond donors (Lipinski definition) is 1. The van der Waals surface area contributed by atoms with Gasteiger partial charge in [-0.3, -0.25) is 4.98 Å². The molecule has 0 bridgehead atoms. The summed E-state index contributed by atoms with van der Waals surface area (Å²) < 4.78 is 0. The van der Waals surface area contributed by atoms with E-state index in [-0.39, 0.29) is 0 Å². The summed E-state index contributed by atoms with van der Waals surface area (Å²) in [5.41, 5.74) is 2.70. The van der Waals surface area contributed by atoms with E-state index in [1.54, 1.807) is 0 Å². The van der Waals surface area contributed by atoms with Crippen molar-refractivity contribution in [3.8, 4) is 0 Å². The van der Waals surface area contributed by atoms with Crippen LogP contribution in [0.4, 0.5) is 0 Å². The Bertz CT molecular complexity index is 305. The van der Waals surface area contributed by atoms with Crippen LogP contribution in [0.25, 0.3) is 0 Å². The fourth-order valence-electron chi connectivity index (χ4n) is 2.31. The van der Waals surface area contributed by atoms with Gasteiger partial charge in [0.05, 0.1) is 0 Å². The Morgan fingerprint density at radius 1 is 1.25 bits per heavy atom. The smallest absolute Gasteiger partial charge is 0.0366 e. The number of hydrogen-bond acceptors (Lipinski definition) is 2. The van der Waals surface area contributed by atoms with E-state index < -0.39 is 0 Å². The summed E-state index contributed by atoms with van der Waals surface area (Å²) in [5.74, 6) is 0.697. The van der Waals surface area contributed by atoms with Gasteiger partial charge in [-0.1, -0.05) is 33.6 Å². The monoisotopic (exact) mass is 220 g/mol. The number of rotatable bonds is 6. The van der Waals surface area contributed by atoms with Crippen LogP contribution in [0.1, 0.15) is 50.8 Å². The predicted octanol–water partition coefficient (Wildman–Crippen LogP) is 3.48. The molecule has 0 aromatic carbocycles. The molecule has 1 aromatic heterocycles. The fourth-order valence-corrected chi connectivity index (χ4v) is 2.31. The molecule has 0 aliphatic heterocycles. The van der Waals surface area contributed by atoms with Crippen molar-refractivity contribution in [2.45, 2.75) is 46.6 Å². The molecule has 1 aromatic rings. The van der Waals surface area contributed by atoms with Gasteiger partial charge in [0, 0.05) is 18.4 Å². The topological polar surface area (TPSA) is 24.9 Å². The molecular weight excluding hydrogens is 196 g/mol. The largest absolute Gasteiger partial charge is 0.310 e. The van der Waals surface area contributed by atoms with Crippen LogP contribution in [0.15, 0.2) is 18.5 Å². The van der Waals surface area contributed by atoms with Crippen LogP contribution < -0.4 is 5.32 Å². The minimum atomic E-state index is 0.453. The summed E-state index contributed by atoms with van der Waals surface area (Å²) in [6, 6.07) is 2.55. The molecule has 0 saturated carbocycles. The molecule has 0 fully saturated rings. The van der Waals surface area contributed by atoms with Crippen molar-refractivity contribution in [3.05, 3.63) is 29.6 Å². The highest BCUT2D eigenvalue weighted by Gasteiger charge is 2.20. The molecule has 0 aliphatic carbocycles. The van der Waals surface area contributed by atoms with Crippen LogP contribution >= 0.6 is 0 Å². The van der Waals surface area contributed by atoms with Crippen LogP contribution in [-0.4, -0.2) is 11.5 Å². The zero-order chi connectivity index (χ0) is 12.0. The van der Waals surface area contributed by atoms with E-state index >= 15 is 0 Å². The van der Waals surface area contributed by atoms with Crippen molar-refractivity contribution in [3.63, 3.8) is 0 Å². The number of nitrogens with one attached hydrogen (secondary N) is 1. The molecule has 1 heterocycles. The highest BCUT2D eigenvalue weighted by molar-refractivity contribution is 5.25. The average Bonchev–Trinajstić information content (AvgIpc) is 2.30. The third-order valence-electron chi connectivity index (χ3n) is 3.36. The van der Waals surface area contributed by atoms with E-state index in [9.17, 15) is 0 Å². The molecule has 0 radical (unpaired) electrons. The van der Waals surface area contributed by atoms with Crippen molar-refractivity contribution >= 4 is 0 Å². The Labute approximate surface area is 99.5 Å². The lowest BCUT2D eigenvalue weighted by Gasteiger charge is -2.27. The molecule has 1 rings (SSSR count). The molecule has 0 saturated heterocycles. The van der Waals surface area contributed by atoms with Gasteiger partial charge in [-0.05, 0) is 36.6 Å². The second-order valence-electron chi connectivity index (χ2n) is 4.34. The Balaban J connectivity index is 2.97. The first-order valence-corrected chi connectivity index (χ1v) is 6.38. The third-order valence-corrected chi connectivity index (χ3v) is 3.36. The van der Waals surface area contributed by atoms with Gasteiger partial charge in [-0.2, -0.15) is 0 Å². The van der Waals surface area contributed by atoms with Crippen LogP contribution in [0, 0.1) is 12.8 Å². The number of nitrogens with zero attached hydrogens (tertiary/aromatic N) is 1. The van der Waals surface area contributed by atoms with E-state index in [1.165, 1.54) is 24.0 Å². The fraction of sp³-hybridized carbons (Fsp3) is 0.643. The van der Waals surface area contributed by atoms with Crippen molar-refractivity contribution < 1.29 is 0 Å². The molecular formula is C14H24N2. The lowest BCUT2D eigenvalue weighted by atomic mass is 9.88. The normalized spacial score (nSPS) is 13.1. The third kappa shape index (κ3) is 3.05. The van der Waals surface area contributed by atoms with Gasteiger partial charge in [0.2, 0.25) is 0 Å². The van der Waals surface area contributed by atoms with Crippen molar-refractivity contribution in [1.29, 1.82) is 0 Å². The standard InChI is InChI=1S/C14H24N2/c1-5-12(6-2)14(16-7-3)13-10-15-9-8-11(13)4/h8-10,12,14,16H,5-7H2,1-4H3. The highest BCUT2D eigenvalue weighted by atomic mass is 14.9. The second-order valence-corrected chi connectivity index (χ2v) is 4.34. The second kappa shape index (κ2) is 6.64. The van der Waals surface area contributed by atoms with Gasteiger partial charge in [0.15, 0.2) is 0 Å². The van der Waals surface area contributed by atoms with Crippen LogP contribution in [-0.2, 0) is 0 Å². The summed E-state index contributed by atoms with van der Waals surface area (Å²) in [6.07, 6.45) is 6.31. The summed E-state index contributed by atoms with van der Waals surface area (Å²) in [4.78, 5) is 4.26. The molecule has 1 unspecified atom stereocenters. The van der Waals surface area contributed by atoms with Gasteiger partial charge in [-0.25, -0.2) is 0 Å². The van der Waals surface area contributed by atoms with Crippen molar-refractivity contribution in [1.82, 2.24) is 10.3 Å². The van der Waals surface area contributed by atoms with Crippen LogP contribution in [0.5, 0.6) is 0 Å². The maximum atomic E-state index is 4.26. The van der Waals surface area contributed by atoms with Gasteiger partial charge in [0.25, 0.3) is 0 Å². The molecule has 90 valence electrons. The Kier molecular flexibility index (Phi) is 5.47. The Morgan fingerprint density at radius 2 is 1.94 bits per heavy atom. The van der Waals surface area contributed by atoms with E-state index in [0.717, 1.165) is 6.54 Å². The van der Waals surface area contributed by atoms with E-state index in [1.807, 2.05) is 12.4 Å². The minimum Gasteiger partial charge on any atom is -0.310 e. The van der Waals surface area contributed by atoms with Crippen LogP contribution in [0.3, 0.4) is 0 Å². The molecule has 2 nitrogen and oxygen atoms in total. The summed E-state index contributed by atoms with van der Waals surface area (Å²) >= 11 is 0. The van der Waals surface area contributed by atoms with Crippen LogP contribution in [0.2, 0.25) is 0 Å². The van der Waals surface area contributed by atoms with Gasteiger partial charge >= 0.3 is 0 Å². The lowest BCUT2D eigenvalue weighted by Crippen LogP contribution is -2.28. The SMILES string of the molecule is CCNC(c1cnccc1C)C(CC)CC. The van der Waals surface area contributed by atoms with E-state index in [4.69, 9.17) is 0 Å². The molecule has 1 atom stereocenters. The number of aromatic nitrogens is 1. The summed E-state index contributed by atoms with van der Waals surface area (Å²) in [6.45, 7) is 9.88. The zero-order valence-corrected chi connectivity index (χ0v) is 11.0. The maximum absolute atomic E-state index is 4.26. The molecule has 2 heteroatoms. The molecule has 0 spiro atoms. The predicted molar refractivity (Wildman–Crippen MR) is 69.5 cm³/mol. The first-order valence-electron chi connectivity index (χ1n) is 6.38. The Morgan fingerprint density at radius 3 is 2.44 bits per heavy atom. The average molecular weight is 220 g/mol. The number of pyridine rings is 1. The molecule has 0 amide bonds. The maximum Gasteiger partial charge on any atom is 0.0366 e. The van der Waals surface area contributed by atoms with Gasteiger partial charge in [0.1, 0.15) is 0 Å². The van der Waals surface area contributed by atoms with Gasteiger partial charge < -0.3 is 5.32 Å². The first kappa shape index (κ1) is 13.2.